The van der Waals surface area contributed by atoms with E-state index in [1.165, 1.54) is 25.3 Å². The number of aryl methyl sites for hydroxylation is 1. The van der Waals surface area contributed by atoms with Crippen molar-refractivity contribution < 1.29 is 10.3 Å². The summed E-state index contributed by atoms with van der Waals surface area (Å²) >= 11 is 0. The fourth-order valence-electron chi connectivity index (χ4n) is 2.66. The normalized spacial score (nSPS) is 15.4. The van der Waals surface area contributed by atoms with E-state index in [1.54, 1.807) is 0 Å². The quantitative estimate of drug-likeness (QED) is 0.587. The molecule has 1 aromatic heterocycles. The Labute approximate surface area is 126 Å². The molecule has 0 unspecified atom stereocenters. The lowest BCUT2D eigenvalue weighted by Crippen LogP contribution is -2.23. The van der Waals surface area contributed by atoms with Crippen LogP contribution in [0.25, 0.3) is 0 Å². The summed E-state index contributed by atoms with van der Waals surface area (Å²) in [5, 5.41) is 20.8. The van der Waals surface area contributed by atoms with Crippen LogP contribution in [0, 0.1) is 6.92 Å². The minimum absolute atomic E-state index is 0.244. The first-order valence-electron chi connectivity index (χ1n) is 7.84. The van der Waals surface area contributed by atoms with Gasteiger partial charge in [-0.05, 0) is 37.9 Å². The fourth-order valence-corrected chi connectivity index (χ4v) is 2.66. The third-order valence-electron chi connectivity index (χ3n) is 3.74. The Morgan fingerprint density at radius 1 is 1.29 bits per heavy atom. The van der Waals surface area contributed by atoms with Crippen LogP contribution in [0.2, 0.25) is 0 Å². The molecule has 5 heteroatoms. The van der Waals surface area contributed by atoms with E-state index >= 15 is 0 Å². The fraction of sp³-hybridized carbons (Fsp3) is 0.688. The minimum Gasteiger partial charge on any atom is -0.425 e. The molecule has 1 aliphatic carbocycles. The third kappa shape index (κ3) is 5.89. The molecule has 0 spiro atoms. The number of hydrogen-bond acceptors (Lipinski definition) is 4. The van der Waals surface area contributed by atoms with Gasteiger partial charge in [0, 0.05) is 18.5 Å². The van der Waals surface area contributed by atoms with Gasteiger partial charge in [0.1, 0.15) is 0 Å². The van der Waals surface area contributed by atoms with Crippen molar-refractivity contribution >= 4 is 0 Å². The second kappa shape index (κ2) is 9.58. The lowest BCUT2D eigenvalue weighted by atomic mass is 9.86. The smallest absolute Gasteiger partial charge is 0.283 e. The summed E-state index contributed by atoms with van der Waals surface area (Å²) in [6.45, 7) is 5.81. The number of pyridine rings is 1. The highest BCUT2D eigenvalue weighted by molar-refractivity contribution is 5.19. The van der Waals surface area contributed by atoms with E-state index in [-0.39, 0.29) is 12.2 Å². The third-order valence-corrected chi connectivity index (χ3v) is 3.74. The molecule has 2 rings (SSSR count). The van der Waals surface area contributed by atoms with Gasteiger partial charge in [-0.2, -0.15) is 4.73 Å². The molecule has 5 nitrogen and oxygen atoms in total. The maximum Gasteiger partial charge on any atom is 0.283 e. The van der Waals surface area contributed by atoms with Crippen molar-refractivity contribution in [1.82, 2.24) is 10.0 Å². The van der Waals surface area contributed by atoms with E-state index < -0.39 is 0 Å². The molecule has 1 fully saturated rings. The zero-order chi connectivity index (χ0) is 15.7. The van der Waals surface area contributed by atoms with Crippen LogP contribution in [-0.2, 0) is 0 Å². The zero-order valence-electron chi connectivity index (χ0n) is 13.1. The monoisotopic (exact) mass is 296 g/mol. The number of rotatable bonds is 4. The van der Waals surface area contributed by atoms with Crippen molar-refractivity contribution in [3.05, 3.63) is 33.7 Å². The summed E-state index contributed by atoms with van der Waals surface area (Å²) in [6.07, 6.45) is 5.85. The van der Waals surface area contributed by atoms with Gasteiger partial charge in [-0.3, -0.25) is 4.79 Å². The van der Waals surface area contributed by atoms with E-state index in [2.05, 4.69) is 5.32 Å². The highest BCUT2D eigenvalue weighted by atomic mass is 16.5. The largest absolute Gasteiger partial charge is 0.425 e. The molecule has 0 radical (unpaired) electrons. The number of hydrogen-bond donors (Lipinski definition) is 3. The van der Waals surface area contributed by atoms with Crippen LogP contribution in [0.15, 0.2) is 16.9 Å². The number of aliphatic hydroxyl groups is 1. The van der Waals surface area contributed by atoms with Crippen molar-refractivity contribution in [2.75, 3.05) is 19.7 Å². The van der Waals surface area contributed by atoms with E-state index in [1.807, 2.05) is 19.9 Å². The maximum absolute atomic E-state index is 11.4. The summed E-state index contributed by atoms with van der Waals surface area (Å²) < 4.78 is 0.822. The van der Waals surface area contributed by atoms with Gasteiger partial charge < -0.3 is 15.6 Å². The molecule has 0 aromatic carbocycles. The Balaban J connectivity index is 0.000000315. The van der Waals surface area contributed by atoms with Gasteiger partial charge in [0.15, 0.2) is 0 Å². The van der Waals surface area contributed by atoms with Crippen LogP contribution in [0.4, 0.5) is 0 Å². The van der Waals surface area contributed by atoms with Crippen molar-refractivity contribution in [1.29, 1.82) is 0 Å². The average molecular weight is 296 g/mol. The Morgan fingerprint density at radius 2 is 1.95 bits per heavy atom. The summed E-state index contributed by atoms with van der Waals surface area (Å²) in [4.78, 5) is 11.4. The molecule has 3 N–H and O–H groups in total. The van der Waals surface area contributed by atoms with Crippen LogP contribution >= 0.6 is 0 Å². The molecule has 0 saturated heterocycles. The Kier molecular flexibility index (Phi) is 8.08. The molecule has 0 aliphatic heterocycles. The van der Waals surface area contributed by atoms with Crippen molar-refractivity contribution in [3.8, 4) is 0 Å². The van der Waals surface area contributed by atoms with Gasteiger partial charge in [-0.15, -0.1) is 0 Å². The molecule has 1 saturated carbocycles. The van der Waals surface area contributed by atoms with E-state index in [0.29, 0.717) is 5.92 Å². The van der Waals surface area contributed by atoms with E-state index in [0.717, 1.165) is 41.9 Å². The predicted molar refractivity (Wildman–Crippen MR) is 84.1 cm³/mol. The predicted octanol–water partition coefficient (Wildman–Crippen LogP) is 2.03. The molecule has 1 aromatic rings. The topological polar surface area (TPSA) is 74.5 Å². The number of nitrogens with zero attached hydrogens (tertiary/aromatic N) is 1. The Hall–Kier alpha value is -1.33. The first-order chi connectivity index (χ1) is 10.1. The maximum atomic E-state index is 11.4. The summed E-state index contributed by atoms with van der Waals surface area (Å²) in [6, 6.07) is 3.39. The standard InChI is InChI=1S/C12H17NO2.C4H11NO/c1-9-7-11(13(15)12(14)8-9)10-5-3-2-4-6-10;1-2-5-3-4-6/h7-8,10,15H,2-6H2,1H3;5-6H,2-4H2,1H3. The van der Waals surface area contributed by atoms with Crippen molar-refractivity contribution in [2.45, 2.75) is 51.9 Å². The summed E-state index contributed by atoms with van der Waals surface area (Å²) in [5.74, 6) is 0.358. The van der Waals surface area contributed by atoms with Crippen molar-refractivity contribution in [2.24, 2.45) is 0 Å². The molecule has 0 atom stereocenters. The van der Waals surface area contributed by atoms with Crippen LogP contribution in [0.3, 0.4) is 0 Å². The zero-order valence-corrected chi connectivity index (χ0v) is 13.1. The van der Waals surface area contributed by atoms with Crippen molar-refractivity contribution in [3.63, 3.8) is 0 Å². The molecule has 21 heavy (non-hydrogen) atoms. The van der Waals surface area contributed by atoms with E-state index in [9.17, 15) is 10.0 Å². The van der Waals surface area contributed by atoms with Gasteiger partial charge in [-0.1, -0.05) is 26.2 Å². The average Bonchev–Trinajstić information content (AvgIpc) is 2.50. The Morgan fingerprint density at radius 3 is 2.48 bits per heavy atom. The lowest BCUT2D eigenvalue weighted by molar-refractivity contribution is 0.156. The number of nitrogens with one attached hydrogen (secondary N) is 1. The second-order valence-electron chi connectivity index (χ2n) is 5.52. The minimum atomic E-state index is -0.310. The van der Waals surface area contributed by atoms with Crippen LogP contribution < -0.4 is 10.9 Å². The molecule has 1 aliphatic rings. The number of aliphatic hydroxyl groups excluding tert-OH is 1. The van der Waals surface area contributed by atoms with Gasteiger partial charge in [0.2, 0.25) is 0 Å². The summed E-state index contributed by atoms with van der Waals surface area (Å²) in [5.41, 5.74) is 1.42. The molecule has 0 amide bonds. The summed E-state index contributed by atoms with van der Waals surface area (Å²) in [7, 11) is 0. The molecular formula is C16H28N2O3. The van der Waals surface area contributed by atoms with Gasteiger partial charge in [0.25, 0.3) is 5.56 Å². The molecule has 1 heterocycles. The van der Waals surface area contributed by atoms with Crippen LogP contribution in [-0.4, -0.2) is 34.7 Å². The van der Waals surface area contributed by atoms with Gasteiger partial charge in [0.05, 0.1) is 12.3 Å². The molecule has 0 bridgehead atoms. The number of aromatic nitrogens is 1. The SMILES string of the molecule is CCNCCO.Cc1cc(C2CCCCC2)n(O)c(=O)c1. The first kappa shape index (κ1) is 17.7. The number of likely N-dealkylation sites (N-methyl/N-ethyl adjacent to an activating group) is 1. The molecule has 120 valence electrons. The highest BCUT2D eigenvalue weighted by Gasteiger charge is 2.19. The van der Waals surface area contributed by atoms with Crippen LogP contribution in [0.1, 0.15) is 56.2 Å². The first-order valence-corrected chi connectivity index (χ1v) is 7.84. The van der Waals surface area contributed by atoms with E-state index in [4.69, 9.17) is 5.11 Å². The molecular weight excluding hydrogens is 268 g/mol. The Bertz CT molecular complexity index is 461. The van der Waals surface area contributed by atoms with Crippen LogP contribution in [0.5, 0.6) is 0 Å². The highest BCUT2D eigenvalue weighted by Crippen LogP contribution is 2.31. The van der Waals surface area contributed by atoms with Gasteiger partial charge in [-0.25, -0.2) is 0 Å². The van der Waals surface area contributed by atoms with Gasteiger partial charge >= 0.3 is 0 Å². The second-order valence-corrected chi connectivity index (χ2v) is 5.52. The lowest BCUT2D eigenvalue weighted by Gasteiger charge is -2.22.